The SMILES string of the molecule is OC(CN1CCN(c2ccc(N=Cc3ccc(Cl)cc3)cc2F)CC1)(Cn1cncn1)c1ccc(F)cc1F. The van der Waals surface area contributed by atoms with Gasteiger partial charge in [0.1, 0.15) is 35.7 Å². The van der Waals surface area contributed by atoms with E-state index in [9.17, 15) is 13.9 Å². The van der Waals surface area contributed by atoms with E-state index in [0.717, 1.165) is 17.7 Å². The number of halogens is 4. The Balaban J connectivity index is 1.25. The molecule has 0 saturated carbocycles. The Labute approximate surface area is 228 Å². The Morgan fingerprint density at radius 1 is 0.923 bits per heavy atom. The third-order valence-corrected chi connectivity index (χ3v) is 6.94. The molecule has 7 nitrogen and oxygen atoms in total. The molecule has 1 saturated heterocycles. The lowest BCUT2D eigenvalue weighted by atomic mass is 9.92. The quantitative estimate of drug-likeness (QED) is 0.317. The highest BCUT2D eigenvalue weighted by Crippen LogP contribution is 2.30. The van der Waals surface area contributed by atoms with Crippen LogP contribution in [0.1, 0.15) is 11.1 Å². The van der Waals surface area contributed by atoms with Crippen LogP contribution in [0.4, 0.5) is 24.5 Å². The van der Waals surface area contributed by atoms with Crippen molar-refractivity contribution < 1.29 is 18.3 Å². The predicted molar refractivity (Wildman–Crippen MR) is 144 cm³/mol. The summed E-state index contributed by atoms with van der Waals surface area (Å²) in [7, 11) is 0. The standard InChI is InChI=1S/C28H26ClF3N6O/c29-21-3-1-20(2-4-21)15-34-23-6-8-27(26(32)14-23)37-11-9-36(10-12-37)16-28(39,17-38-19-33-18-35-38)24-7-5-22(30)13-25(24)31/h1-8,13-15,18-19,39H,9-12,16-17H2. The Morgan fingerprint density at radius 2 is 1.69 bits per heavy atom. The van der Waals surface area contributed by atoms with Gasteiger partial charge in [-0.2, -0.15) is 5.10 Å². The number of benzene rings is 3. The number of hydrogen-bond donors (Lipinski definition) is 1. The van der Waals surface area contributed by atoms with Crippen molar-refractivity contribution in [3.8, 4) is 0 Å². The van der Waals surface area contributed by atoms with E-state index in [1.807, 2.05) is 21.9 Å². The molecule has 2 heterocycles. The molecular weight excluding hydrogens is 529 g/mol. The number of aliphatic hydroxyl groups is 1. The smallest absolute Gasteiger partial charge is 0.148 e. The molecular formula is C28H26ClF3N6O. The number of aliphatic imine (C=N–C) groups is 1. The Hall–Kier alpha value is -3.73. The highest BCUT2D eigenvalue weighted by Gasteiger charge is 2.36. The largest absolute Gasteiger partial charge is 0.382 e. The lowest BCUT2D eigenvalue weighted by Crippen LogP contribution is -2.52. The highest BCUT2D eigenvalue weighted by molar-refractivity contribution is 6.30. The van der Waals surface area contributed by atoms with Crippen molar-refractivity contribution >= 4 is 29.2 Å². The van der Waals surface area contributed by atoms with Crippen molar-refractivity contribution in [1.82, 2.24) is 19.7 Å². The fourth-order valence-electron chi connectivity index (χ4n) is 4.72. The van der Waals surface area contributed by atoms with Crippen LogP contribution >= 0.6 is 11.6 Å². The molecule has 202 valence electrons. The van der Waals surface area contributed by atoms with E-state index in [4.69, 9.17) is 11.6 Å². The van der Waals surface area contributed by atoms with Crippen molar-refractivity contribution in [2.24, 2.45) is 4.99 Å². The van der Waals surface area contributed by atoms with Gasteiger partial charge in [0, 0.05) is 61.7 Å². The minimum Gasteiger partial charge on any atom is -0.382 e. The van der Waals surface area contributed by atoms with Crippen molar-refractivity contribution in [1.29, 1.82) is 0 Å². The average Bonchev–Trinajstić information content (AvgIpc) is 3.41. The summed E-state index contributed by atoms with van der Waals surface area (Å²) in [5.74, 6) is -1.95. The van der Waals surface area contributed by atoms with E-state index in [2.05, 4.69) is 15.1 Å². The van der Waals surface area contributed by atoms with Crippen molar-refractivity contribution in [3.63, 3.8) is 0 Å². The summed E-state index contributed by atoms with van der Waals surface area (Å²) in [6.45, 7) is 1.99. The number of aromatic nitrogens is 3. The minimum atomic E-state index is -1.69. The Kier molecular flexibility index (Phi) is 7.97. The highest BCUT2D eigenvalue weighted by atomic mass is 35.5. The van der Waals surface area contributed by atoms with Gasteiger partial charge in [-0.05, 0) is 35.9 Å². The molecule has 11 heteroatoms. The number of β-amino-alcohol motifs (C(OH)–C–C–N with tert-alkyl or cyclic N) is 1. The topological polar surface area (TPSA) is 69.8 Å². The first kappa shape index (κ1) is 26.9. The van der Waals surface area contributed by atoms with Crippen LogP contribution in [0.5, 0.6) is 0 Å². The normalized spacial score (nSPS) is 16.1. The van der Waals surface area contributed by atoms with Crippen molar-refractivity contribution in [2.75, 3.05) is 37.6 Å². The number of rotatable bonds is 8. The van der Waals surface area contributed by atoms with Crippen molar-refractivity contribution in [3.05, 3.63) is 107 Å². The summed E-state index contributed by atoms with van der Waals surface area (Å²) in [5.41, 5.74) is 0.0848. The zero-order chi connectivity index (χ0) is 27.4. The molecule has 4 aromatic rings. The maximum Gasteiger partial charge on any atom is 0.148 e. The van der Waals surface area contributed by atoms with Crippen molar-refractivity contribution in [2.45, 2.75) is 12.1 Å². The molecule has 0 amide bonds. The molecule has 3 aromatic carbocycles. The van der Waals surface area contributed by atoms with Gasteiger partial charge in [-0.15, -0.1) is 0 Å². The lowest BCUT2D eigenvalue weighted by Gasteiger charge is -2.40. The number of anilines is 1. The van der Waals surface area contributed by atoms with E-state index in [-0.39, 0.29) is 24.5 Å². The van der Waals surface area contributed by atoms with Gasteiger partial charge in [-0.25, -0.2) is 22.8 Å². The van der Waals surface area contributed by atoms with Gasteiger partial charge in [-0.1, -0.05) is 29.8 Å². The minimum absolute atomic E-state index is 0.0254. The van der Waals surface area contributed by atoms with Gasteiger partial charge < -0.3 is 10.0 Å². The van der Waals surface area contributed by atoms with E-state index >= 15 is 4.39 Å². The summed E-state index contributed by atoms with van der Waals surface area (Å²) in [6, 6.07) is 15.2. The summed E-state index contributed by atoms with van der Waals surface area (Å²) >= 11 is 5.90. The maximum atomic E-state index is 15.0. The fraction of sp³-hybridized carbons (Fsp3) is 0.250. The second-order valence-electron chi connectivity index (χ2n) is 9.46. The van der Waals surface area contributed by atoms with Gasteiger partial charge in [0.25, 0.3) is 0 Å². The summed E-state index contributed by atoms with van der Waals surface area (Å²) in [5, 5.41) is 16.3. The first-order valence-electron chi connectivity index (χ1n) is 12.4. The zero-order valence-electron chi connectivity index (χ0n) is 20.9. The van der Waals surface area contributed by atoms with Crippen LogP contribution in [0, 0.1) is 17.5 Å². The Bertz CT molecular complexity index is 1440. The molecule has 1 aliphatic rings. The zero-order valence-corrected chi connectivity index (χ0v) is 21.6. The maximum absolute atomic E-state index is 15.0. The molecule has 0 bridgehead atoms. The van der Waals surface area contributed by atoms with Crippen LogP contribution in [0.2, 0.25) is 5.02 Å². The van der Waals surface area contributed by atoms with E-state index in [1.54, 1.807) is 30.5 Å². The van der Waals surface area contributed by atoms with Crippen LogP contribution in [-0.2, 0) is 12.1 Å². The molecule has 1 N–H and O–H groups in total. The van der Waals surface area contributed by atoms with E-state index < -0.39 is 17.2 Å². The number of nitrogens with zero attached hydrogens (tertiary/aromatic N) is 6. The fourth-order valence-corrected chi connectivity index (χ4v) is 4.84. The summed E-state index contributed by atoms with van der Waals surface area (Å²) in [4.78, 5) is 12.1. The second kappa shape index (κ2) is 11.6. The molecule has 1 atom stereocenters. The van der Waals surface area contributed by atoms with Gasteiger partial charge in [0.15, 0.2) is 0 Å². The second-order valence-corrected chi connectivity index (χ2v) is 9.89. The average molecular weight is 555 g/mol. The Morgan fingerprint density at radius 3 is 2.36 bits per heavy atom. The third kappa shape index (κ3) is 6.47. The van der Waals surface area contributed by atoms with Crippen LogP contribution in [0.25, 0.3) is 0 Å². The predicted octanol–water partition coefficient (Wildman–Crippen LogP) is 4.81. The van der Waals surface area contributed by atoms with Crippen LogP contribution in [0.3, 0.4) is 0 Å². The number of hydrogen-bond acceptors (Lipinski definition) is 6. The van der Waals surface area contributed by atoms with Gasteiger partial charge >= 0.3 is 0 Å². The molecule has 5 rings (SSSR count). The van der Waals surface area contributed by atoms with E-state index in [1.165, 1.54) is 29.5 Å². The molecule has 1 fully saturated rings. The molecule has 1 aromatic heterocycles. The molecule has 1 unspecified atom stereocenters. The monoisotopic (exact) mass is 554 g/mol. The van der Waals surface area contributed by atoms with Gasteiger partial charge in [0.05, 0.1) is 17.9 Å². The summed E-state index contributed by atoms with van der Waals surface area (Å²) in [6.07, 6.45) is 4.40. The van der Waals surface area contributed by atoms with Crippen LogP contribution < -0.4 is 4.90 Å². The molecule has 0 radical (unpaired) electrons. The lowest BCUT2D eigenvalue weighted by molar-refractivity contribution is -0.0227. The third-order valence-electron chi connectivity index (χ3n) is 6.68. The molecule has 0 spiro atoms. The first-order valence-corrected chi connectivity index (χ1v) is 12.7. The van der Waals surface area contributed by atoms with Crippen LogP contribution in [0.15, 0.2) is 78.3 Å². The number of piperazine rings is 1. The molecule has 0 aliphatic carbocycles. The van der Waals surface area contributed by atoms with E-state index in [0.29, 0.717) is 42.6 Å². The summed E-state index contributed by atoms with van der Waals surface area (Å²) < 4.78 is 44.7. The van der Waals surface area contributed by atoms with Crippen LogP contribution in [-0.4, -0.2) is 63.7 Å². The first-order chi connectivity index (χ1) is 18.8. The van der Waals surface area contributed by atoms with Gasteiger partial charge in [-0.3, -0.25) is 9.89 Å². The van der Waals surface area contributed by atoms with Gasteiger partial charge in [0.2, 0.25) is 0 Å². The molecule has 1 aliphatic heterocycles. The molecule has 39 heavy (non-hydrogen) atoms.